The Morgan fingerprint density at radius 1 is 1.00 bits per heavy atom. The van der Waals surface area contributed by atoms with Crippen molar-refractivity contribution in [2.45, 2.75) is 13.2 Å². The van der Waals surface area contributed by atoms with Gasteiger partial charge in [-0.3, -0.25) is 4.79 Å². The summed E-state index contributed by atoms with van der Waals surface area (Å²) in [6.45, 7) is 0.647. The Hall–Kier alpha value is -3.94. The Balaban J connectivity index is 1.54. The number of ether oxygens (including phenoxy) is 1. The van der Waals surface area contributed by atoms with E-state index in [0.29, 0.717) is 33.7 Å². The van der Waals surface area contributed by atoms with Gasteiger partial charge in [0.2, 0.25) is 5.91 Å². The molecule has 2 N–H and O–H groups in total. The van der Waals surface area contributed by atoms with E-state index in [0.717, 1.165) is 27.9 Å². The number of rotatable bonds is 7. The fourth-order valence-corrected chi connectivity index (χ4v) is 4.15. The van der Waals surface area contributed by atoms with E-state index < -0.39 is 5.91 Å². The average Bonchev–Trinajstić information content (AvgIpc) is 3.22. The molecule has 7 nitrogen and oxygen atoms in total. The Bertz CT molecular complexity index is 1520. The SMILES string of the molecule is NC(=O)c1ccc(OCc2nc3ccc(-c4ccncn4)cc3n2Cc2cc(Cl)ccc2Cl)cc1. The van der Waals surface area contributed by atoms with Crippen molar-refractivity contribution in [2.24, 2.45) is 5.73 Å². The minimum Gasteiger partial charge on any atom is -0.486 e. The molecular weight excluding hydrogens is 485 g/mol. The third-order valence-electron chi connectivity index (χ3n) is 5.55. The number of hydrogen-bond acceptors (Lipinski definition) is 5. The average molecular weight is 504 g/mol. The quantitative estimate of drug-likeness (QED) is 0.315. The largest absolute Gasteiger partial charge is 0.486 e. The molecule has 2 aromatic heterocycles. The first-order valence-corrected chi connectivity index (χ1v) is 11.5. The van der Waals surface area contributed by atoms with Crippen LogP contribution in [0.1, 0.15) is 21.7 Å². The van der Waals surface area contributed by atoms with Gasteiger partial charge in [0.1, 0.15) is 24.5 Å². The normalized spacial score (nSPS) is 11.0. The number of primary amides is 1. The van der Waals surface area contributed by atoms with E-state index in [1.54, 1.807) is 42.6 Å². The van der Waals surface area contributed by atoms with Gasteiger partial charge in [0.15, 0.2) is 0 Å². The minimum absolute atomic E-state index is 0.200. The molecule has 0 aliphatic carbocycles. The van der Waals surface area contributed by atoms with Gasteiger partial charge in [-0.2, -0.15) is 0 Å². The molecule has 35 heavy (non-hydrogen) atoms. The summed E-state index contributed by atoms with van der Waals surface area (Å²) in [6.07, 6.45) is 3.23. The monoisotopic (exact) mass is 503 g/mol. The zero-order valence-corrected chi connectivity index (χ0v) is 19.9. The van der Waals surface area contributed by atoms with Crippen LogP contribution >= 0.6 is 23.2 Å². The molecule has 0 fully saturated rings. The van der Waals surface area contributed by atoms with Crippen molar-refractivity contribution in [1.29, 1.82) is 0 Å². The standard InChI is InChI=1S/C26H19Cl2N5O2/c27-19-4-7-21(28)18(11-19)13-33-24-12-17(22-9-10-30-15-31-22)3-8-23(24)32-25(33)14-35-20-5-1-16(2-6-20)26(29)34/h1-12,15H,13-14H2,(H2,29,34). The van der Waals surface area contributed by atoms with Crippen LogP contribution in [0.2, 0.25) is 10.0 Å². The van der Waals surface area contributed by atoms with Crippen LogP contribution in [0.5, 0.6) is 5.75 Å². The van der Waals surface area contributed by atoms with Crippen molar-refractivity contribution >= 4 is 40.1 Å². The summed E-state index contributed by atoms with van der Waals surface area (Å²) in [6, 6.07) is 19.9. The molecular formula is C26H19Cl2N5O2. The highest BCUT2D eigenvalue weighted by Gasteiger charge is 2.15. The molecule has 0 aliphatic heterocycles. The maximum Gasteiger partial charge on any atom is 0.248 e. The number of benzene rings is 3. The lowest BCUT2D eigenvalue weighted by Crippen LogP contribution is -2.11. The van der Waals surface area contributed by atoms with Crippen LogP contribution in [-0.2, 0) is 13.2 Å². The number of carbonyl (C=O) groups is 1. The van der Waals surface area contributed by atoms with Crippen molar-refractivity contribution in [3.8, 4) is 17.0 Å². The number of aromatic nitrogens is 4. The molecule has 0 saturated heterocycles. The Morgan fingerprint density at radius 3 is 2.57 bits per heavy atom. The van der Waals surface area contributed by atoms with E-state index in [2.05, 4.69) is 14.5 Å². The van der Waals surface area contributed by atoms with Crippen LogP contribution in [0.3, 0.4) is 0 Å². The minimum atomic E-state index is -0.490. The molecule has 3 aromatic carbocycles. The molecule has 0 unspecified atom stereocenters. The van der Waals surface area contributed by atoms with Crippen LogP contribution < -0.4 is 10.5 Å². The second-order valence-electron chi connectivity index (χ2n) is 7.83. The highest BCUT2D eigenvalue weighted by atomic mass is 35.5. The number of carbonyl (C=O) groups excluding carboxylic acids is 1. The summed E-state index contributed by atoms with van der Waals surface area (Å²) < 4.78 is 8.04. The molecule has 0 spiro atoms. The molecule has 0 saturated carbocycles. The number of amides is 1. The summed E-state index contributed by atoms with van der Waals surface area (Å²) in [7, 11) is 0. The first kappa shape index (κ1) is 22.8. The molecule has 0 radical (unpaired) electrons. The van der Waals surface area contributed by atoms with E-state index in [1.807, 2.05) is 30.3 Å². The second kappa shape index (κ2) is 9.74. The highest BCUT2D eigenvalue weighted by Crippen LogP contribution is 2.28. The van der Waals surface area contributed by atoms with Crippen molar-refractivity contribution < 1.29 is 9.53 Å². The number of imidazole rings is 1. The zero-order chi connectivity index (χ0) is 24.4. The Labute approximate surface area is 211 Å². The van der Waals surface area contributed by atoms with Crippen LogP contribution in [0.25, 0.3) is 22.3 Å². The van der Waals surface area contributed by atoms with Crippen LogP contribution in [0, 0.1) is 0 Å². The molecule has 0 bridgehead atoms. The van der Waals surface area contributed by atoms with E-state index in [4.69, 9.17) is 38.7 Å². The third kappa shape index (κ3) is 4.96. The number of nitrogens with zero attached hydrogens (tertiary/aromatic N) is 4. The fourth-order valence-electron chi connectivity index (χ4n) is 3.78. The molecule has 9 heteroatoms. The lowest BCUT2D eigenvalue weighted by Gasteiger charge is -2.13. The van der Waals surface area contributed by atoms with Crippen molar-refractivity contribution in [2.75, 3.05) is 0 Å². The van der Waals surface area contributed by atoms with Gasteiger partial charge in [0, 0.05) is 27.4 Å². The third-order valence-corrected chi connectivity index (χ3v) is 6.15. The van der Waals surface area contributed by atoms with Gasteiger partial charge in [0.25, 0.3) is 0 Å². The first-order valence-electron chi connectivity index (χ1n) is 10.7. The van der Waals surface area contributed by atoms with Crippen LogP contribution in [0.15, 0.2) is 79.3 Å². The summed E-state index contributed by atoms with van der Waals surface area (Å²) in [4.78, 5) is 24.5. The molecule has 2 heterocycles. The smallest absolute Gasteiger partial charge is 0.248 e. The van der Waals surface area contributed by atoms with Crippen LogP contribution in [0.4, 0.5) is 0 Å². The lowest BCUT2D eigenvalue weighted by molar-refractivity contribution is 0.1000. The maximum atomic E-state index is 11.3. The zero-order valence-electron chi connectivity index (χ0n) is 18.4. The Kier molecular flexibility index (Phi) is 6.35. The number of nitrogens with two attached hydrogens (primary N) is 1. The predicted molar refractivity (Wildman–Crippen MR) is 136 cm³/mol. The fraction of sp³-hybridized carbons (Fsp3) is 0.0769. The van der Waals surface area contributed by atoms with Gasteiger partial charge in [-0.25, -0.2) is 15.0 Å². The van der Waals surface area contributed by atoms with E-state index >= 15 is 0 Å². The van der Waals surface area contributed by atoms with E-state index in [1.165, 1.54) is 6.33 Å². The van der Waals surface area contributed by atoms with Crippen molar-refractivity contribution in [3.05, 3.63) is 106 Å². The number of hydrogen-bond donors (Lipinski definition) is 1. The van der Waals surface area contributed by atoms with E-state index in [9.17, 15) is 4.79 Å². The molecule has 0 atom stereocenters. The molecule has 174 valence electrons. The van der Waals surface area contributed by atoms with E-state index in [-0.39, 0.29) is 6.61 Å². The number of halogens is 2. The summed E-state index contributed by atoms with van der Waals surface area (Å²) in [5.74, 6) is 0.808. The van der Waals surface area contributed by atoms with Gasteiger partial charge < -0.3 is 15.0 Å². The lowest BCUT2D eigenvalue weighted by atomic mass is 10.1. The van der Waals surface area contributed by atoms with Gasteiger partial charge in [-0.05, 0) is 66.2 Å². The molecule has 1 amide bonds. The Morgan fingerprint density at radius 2 is 1.83 bits per heavy atom. The van der Waals surface area contributed by atoms with Gasteiger partial charge >= 0.3 is 0 Å². The highest BCUT2D eigenvalue weighted by molar-refractivity contribution is 6.33. The van der Waals surface area contributed by atoms with Crippen molar-refractivity contribution in [1.82, 2.24) is 19.5 Å². The second-order valence-corrected chi connectivity index (χ2v) is 8.67. The van der Waals surface area contributed by atoms with Gasteiger partial charge in [-0.15, -0.1) is 0 Å². The topological polar surface area (TPSA) is 95.9 Å². The number of fused-ring (bicyclic) bond motifs is 1. The first-order chi connectivity index (χ1) is 17.0. The summed E-state index contributed by atoms with van der Waals surface area (Å²) >= 11 is 12.7. The van der Waals surface area contributed by atoms with Crippen LogP contribution in [-0.4, -0.2) is 25.4 Å². The summed E-state index contributed by atoms with van der Waals surface area (Å²) in [5, 5.41) is 1.21. The van der Waals surface area contributed by atoms with Crippen molar-refractivity contribution in [3.63, 3.8) is 0 Å². The molecule has 0 aliphatic rings. The molecule has 5 aromatic rings. The predicted octanol–water partition coefficient (Wildman–Crippen LogP) is 5.53. The van der Waals surface area contributed by atoms with Gasteiger partial charge in [0.05, 0.1) is 23.3 Å². The molecule has 5 rings (SSSR count). The summed E-state index contributed by atoms with van der Waals surface area (Å²) in [5.41, 5.74) is 10.1. The maximum absolute atomic E-state index is 11.3. The van der Waals surface area contributed by atoms with Gasteiger partial charge in [-0.1, -0.05) is 29.3 Å².